The van der Waals surface area contributed by atoms with Crippen molar-refractivity contribution < 1.29 is 13.2 Å². The van der Waals surface area contributed by atoms with Crippen molar-refractivity contribution in [3.05, 3.63) is 16.4 Å². The highest BCUT2D eigenvalue weighted by molar-refractivity contribution is 6.30. The van der Waals surface area contributed by atoms with Gasteiger partial charge in [-0.25, -0.2) is 0 Å². The Morgan fingerprint density at radius 2 is 1.88 bits per heavy atom. The van der Waals surface area contributed by atoms with Crippen molar-refractivity contribution >= 4 is 11.6 Å². The number of hydrogen-bond acceptors (Lipinski definition) is 1. The van der Waals surface area contributed by atoms with E-state index >= 15 is 0 Å². The third-order valence-corrected chi connectivity index (χ3v) is 3.09. The van der Waals surface area contributed by atoms with Crippen molar-refractivity contribution in [2.24, 2.45) is 7.05 Å². The molecule has 1 rings (SSSR count). The zero-order chi connectivity index (χ0) is 13.1. The maximum atomic E-state index is 12.7. The van der Waals surface area contributed by atoms with Gasteiger partial charge in [-0.1, -0.05) is 37.8 Å². The Hall–Kier alpha value is -0.710. The van der Waals surface area contributed by atoms with Gasteiger partial charge < -0.3 is 0 Å². The average molecular weight is 269 g/mol. The van der Waals surface area contributed by atoms with Crippen LogP contribution in [0.15, 0.2) is 0 Å². The molecule has 0 aliphatic carbocycles. The molecule has 6 heteroatoms. The van der Waals surface area contributed by atoms with Gasteiger partial charge in [0.1, 0.15) is 5.15 Å². The average Bonchev–Trinajstić information content (AvgIpc) is 2.51. The van der Waals surface area contributed by atoms with Crippen LogP contribution in [0.5, 0.6) is 0 Å². The lowest BCUT2D eigenvalue weighted by atomic mass is 10.1. The van der Waals surface area contributed by atoms with E-state index in [1.165, 1.54) is 7.05 Å². The molecule has 0 bridgehead atoms. The first-order valence-electron chi connectivity index (χ1n) is 5.66. The van der Waals surface area contributed by atoms with E-state index in [-0.39, 0.29) is 10.7 Å². The molecular weight excluding hydrogens is 253 g/mol. The summed E-state index contributed by atoms with van der Waals surface area (Å²) in [5, 5.41) is 3.53. The van der Waals surface area contributed by atoms with Crippen molar-refractivity contribution in [1.82, 2.24) is 9.78 Å². The van der Waals surface area contributed by atoms with E-state index < -0.39 is 11.9 Å². The van der Waals surface area contributed by atoms with Gasteiger partial charge in [-0.3, -0.25) is 4.68 Å². The molecule has 0 aromatic carbocycles. The molecule has 0 aliphatic rings. The van der Waals surface area contributed by atoms with Crippen molar-refractivity contribution in [1.29, 1.82) is 0 Å². The SMILES string of the molecule is CCCCCCc1c(C(F)(F)F)nn(C)c1Cl. The summed E-state index contributed by atoms with van der Waals surface area (Å²) < 4.78 is 39.1. The number of nitrogens with zero attached hydrogens (tertiary/aromatic N) is 2. The molecule has 2 nitrogen and oxygen atoms in total. The van der Waals surface area contributed by atoms with Gasteiger partial charge in [-0.15, -0.1) is 0 Å². The minimum Gasteiger partial charge on any atom is -0.256 e. The van der Waals surface area contributed by atoms with Crippen LogP contribution in [-0.4, -0.2) is 9.78 Å². The van der Waals surface area contributed by atoms with Crippen molar-refractivity contribution in [2.45, 2.75) is 45.2 Å². The van der Waals surface area contributed by atoms with E-state index in [2.05, 4.69) is 12.0 Å². The molecular formula is C11H16ClF3N2. The fourth-order valence-electron chi connectivity index (χ4n) is 1.73. The lowest BCUT2D eigenvalue weighted by Crippen LogP contribution is -2.09. The molecule has 0 radical (unpaired) electrons. The zero-order valence-corrected chi connectivity index (χ0v) is 10.7. The zero-order valence-electron chi connectivity index (χ0n) is 9.94. The maximum absolute atomic E-state index is 12.7. The molecule has 0 unspecified atom stereocenters. The van der Waals surface area contributed by atoms with Crippen LogP contribution < -0.4 is 0 Å². The highest BCUT2D eigenvalue weighted by Gasteiger charge is 2.38. The molecule has 0 fully saturated rings. The second-order valence-corrected chi connectivity index (χ2v) is 4.41. The normalized spacial score (nSPS) is 12.1. The van der Waals surface area contributed by atoms with Gasteiger partial charge in [0.2, 0.25) is 0 Å². The van der Waals surface area contributed by atoms with E-state index in [1.807, 2.05) is 0 Å². The largest absolute Gasteiger partial charge is 0.435 e. The van der Waals surface area contributed by atoms with Crippen LogP contribution in [-0.2, 0) is 19.6 Å². The summed E-state index contributed by atoms with van der Waals surface area (Å²) in [6.07, 6.45) is -0.389. The van der Waals surface area contributed by atoms with E-state index in [4.69, 9.17) is 11.6 Å². The number of halogens is 4. The smallest absolute Gasteiger partial charge is 0.256 e. The lowest BCUT2D eigenvalue weighted by Gasteiger charge is -2.06. The topological polar surface area (TPSA) is 17.8 Å². The van der Waals surface area contributed by atoms with Crippen LogP contribution in [0.4, 0.5) is 13.2 Å². The summed E-state index contributed by atoms with van der Waals surface area (Å²) in [7, 11) is 1.42. The summed E-state index contributed by atoms with van der Waals surface area (Å²) in [5.74, 6) is 0. The quantitative estimate of drug-likeness (QED) is 0.731. The molecule has 98 valence electrons. The molecule has 1 aromatic heterocycles. The Bertz CT molecular complexity index is 372. The third kappa shape index (κ3) is 3.63. The Morgan fingerprint density at radius 3 is 2.41 bits per heavy atom. The van der Waals surface area contributed by atoms with E-state index in [9.17, 15) is 13.2 Å². The van der Waals surface area contributed by atoms with E-state index in [0.29, 0.717) is 12.8 Å². The van der Waals surface area contributed by atoms with Crippen LogP contribution in [0, 0.1) is 0 Å². The second-order valence-electron chi connectivity index (χ2n) is 4.05. The van der Waals surface area contributed by atoms with Crippen molar-refractivity contribution in [3.63, 3.8) is 0 Å². The van der Waals surface area contributed by atoms with Crippen LogP contribution in [0.2, 0.25) is 5.15 Å². The minimum atomic E-state index is -4.43. The van der Waals surface area contributed by atoms with Crippen LogP contribution in [0.3, 0.4) is 0 Å². The molecule has 0 N–H and O–H groups in total. The first-order valence-corrected chi connectivity index (χ1v) is 6.04. The predicted molar refractivity (Wildman–Crippen MR) is 61.1 cm³/mol. The lowest BCUT2D eigenvalue weighted by molar-refractivity contribution is -0.142. The summed E-state index contributed by atoms with van der Waals surface area (Å²) >= 11 is 5.83. The van der Waals surface area contributed by atoms with Gasteiger partial charge in [0.05, 0.1) is 0 Å². The fraction of sp³-hybridized carbons (Fsp3) is 0.727. The summed E-state index contributed by atoms with van der Waals surface area (Å²) in [5.41, 5.74) is -0.723. The first-order chi connectivity index (χ1) is 7.88. The number of aromatic nitrogens is 2. The first kappa shape index (κ1) is 14.4. The Morgan fingerprint density at radius 1 is 1.24 bits per heavy atom. The molecule has 1 aromatic rings. The summed E-state index contributed by atoms with van der Waals surface area (Å²) in [6, 6.07) is 0. The predicted octanol–water partition coefficient (Wildman–Crippen LogP) is 4.22. The summed E-state index contributed by atoms with van der Waals surface area (Å²) in [6.45, 7) is 2.05. The molecule has 0 atom stereocenters. The van der Waals surface area contributed by atoms with Crippen molar-refractivity contribution in [3.8, 4) is 0 Å². The molecule has 0 aliphatic heterocycles. The van der Waals surface area contributed by atoms with Crippen molar-refractivity contribution in [2.75, 3.05) is 0 Å². The van der Waals surface area contributed by atoms with E-state index in [0.717, 1.165) is 23.9 Å². The van der Waals surface area contributed by atoms with Gasteiger partial charge >= 0.3 is 6.18 Å². The van der Waals surface area contributed by atoms with Crippen LogP contribution in [0.1, 0.15) is 43.9 Å². The number of hydrogen-bond donors (Lipinski definition) is 0. The van der Waals surface area contributed by atoms with Crippen LogP contribution in [0.25, 0.3) is 0 Å². The highest BCUT2D eigenvalue weighted by atomic mass is 35.5. The Balaban J connectivity index is 2.82. The minimum absolute atomic E-state index is 0.0915. The van der Waals surface area contributed by atoms with Gasteiger partial charge in [-0.2, -0.15) is 18.3 Å². The molecule has 0 saturated heterocycles. The standard InChI is InChI=1S/C11H16ClF3N2/c1-3-4-5-6-7-8-9(11(13,14)15)16-17(2)10(8)12/h3-7H2,1-2H3. The van der Waals surface area contributed by atoms with Crippen LogP contribution >= 0.6 is 11.6 Å². The molecule has 0 spiro atoms. The number of alkyl halides is 3. The maximum Gasteiger partial charge on any atom is 0.435 e. The molecule has 17 heavy (non-hydrogen) atoms. The number of unbranched alkanes of at least 4 members (excludes halogenated alkanes) is 3. The summed E-state index contributed by atoms with van der Waals surface area (Å²) in [4.78, 5) is 0. The number of rotatable bonds is 5. The highest BCUT2D eigenvalue weighted by Crippen LogP contribution is 2.34. The molecule has 0 saturated carbocycles. The van der Waals surface area contributed by atoms with Gasteiger partial charge in [0, 0.05) is 12.6 Å². The number of aryl methyl sites for hydroxylation is 1. The van der Waals surface area contributed by atoms with E-state index in [1.54, 1.807) is 0 Å². The Kier molecular flexibility index (Phi) is 4.86. The monoisotopic (exact) mass is 268 g/mol. The Labute approximate surface area is 104 Å². The van der Waals surface area contributed by atoms with Gasteiger partial charge in [0.25, 0.3) is 0 Å². The second kappa shape index (κ2) is 5.76. The molecule has 0 amide bonds. The molecule has 1 heterocycles. The van der Waals surface area contributed by atoms with Gasteiger partial charge in [0.15, 0.2) is 5.69 Å². The fourth-order valence-corrected chi connectivity index (χ4v) is 1.95. The van der Waals surface area contributed by atoms with Gasteiger partial charge in [-0.05, 0) is 12.8 Å². The third-order valence-electron chi connectivity index (χ3n) is 2.62.